The Bertz CT molecular complexity index is 499. The molecule has 1 aliphatic rings. The molecule has 0 aliphatic heterocycles. The highest BCUT2D eigenvalue weighted by Crippen LogP contribution is 2.20. The second kappa shape index (κ2) is 6.13. The second-order valence-electron chi connectivity index (χ2n) is 4.40. The Morgan fingerprint density at radius 3 is 2.78 bits per heavy atom. The lowest BCUT2D eigenvalue weighted by Crippen LogP contribution is -2.28. The van der Waals surface area contributed by atoms with Crippen molar-refractivity contribution in [3.8, 4) is 0 Å². The van der Waals surface area contributed by atoms with Gasteiger partial charge in [0.05, 0.1) is 11.0 Å². The maximum absolute atomic E-state index is 11.7. The predicted octanol–water partition coefficient (Wildman–Crippen LogP) is 0.702. The number of hydrogen-bond donors (Lipinski definition) is 2. The van der Waals surface area contributed by atoms with Crippen LogP contribution in [0.25, 0.3) is 0 Å². The number of hydrogen-bond acceptors (Lipinski definition) is 3. The van der Waals surface area contributed by atoms with E-state index < -0.39 is 0 Å². The molecule has 1 aromatic rings. The molecule has 0 bridgehead atoms. The normalized spacial score (nSPS) is 14.1. The number of aromatic nitrogens is 2. The zero-order chi connectivity index (χ0) is 13.0. The van der Waals surface area contributed by atoms with Gasteiger partial charge in [0.1, 0.15) is 0 Å². The van der Waals surface area contributed by atoms with Gasteiger partial charge in [0, 0.05) is 18.5 Å². The number of aromatic amines is 1. The quantitative estimate of drug-likeness (QED) is 0.804. The van der Waals surface area contributed by atoms with Gasteiger partial charge in [-0.05, 0) is 31.2 Å². The van der Waals surface area contributed by atoms with Crippen LogP contribution in [0.2, 0.25) is 0 Å². The SMILES string of the molecule is O=C(CBr)NCCc1n[nH]c(=O)c2c1CCCC2. The third-order valence-corrected chi connectivity index (χ3v) is 3.70. The van der Waals surface area contributed by atoms with E-state index in [1.54, 1.807) is 0 Å². The molecule has 5 nitrogen and oxygen atoms in total. The summed E-state index contributed by atoms with van der Waals surface area (Å²) < 4.78 is 0. The maximum atomic E-state index is 11.7. The zero-order valence-corrected chi connectivity index (χ0v) is 11.7. The van der Waals surface area contributed by atoms with Crippen molar-refractivity contribution in [1.29, 1.82) is 0 Å². The third kappa shape index (κ3) is 2.98. The first kappa shape index (κ1) is 13.3. The first-order valence-corrected chi connectivity index (χ1v) is 7.26. The molecule has 6 heteroatoms. The molecule has 0 unspecified atom stereocenters. The lowest BCUT2D eigenvalue weighted by atomic mass is 9.91. The van der Waals surface area contributed by atoms with E-state index in [9.17, 15) is 9.59 Å². The van der Waals surface area contributed by atoms with E-state index in [0.717, 1.165) is 42.5 Å². The number of amides is 1. The highest BCUT2D eigenvalue weighted by atomic mass is 79.9. The van der Waals surface area contributed by atoms with Gasteiger partial charge in [0.15, 0.2) is 0 Å². The Balaban J connectivity index is 2.09. The van der Waals surface area contributed by atoms with Crippen LogP contribution in [0, 0.1) is 0 Å². The maximum Gasteiger partial charge on any atom is 0.267 e. The Labute approximate surface area is 113 Å². The van der Waals surface area contributed by atoms with Gasteiger partial charge in [-0.25, -0.2) is 5.10 Å². The van der Waals surface area contributed by atoms with Crippen molar-refractivity contribution in [2.45, 2.75) is 32.1 Å². The van der Waals surface area contributed by atoms with Gasteiger partial charge in [-0.15, -0.1) is 0 Å². The molecule has 98 valence electrons. The van der Waals surface area contributed by atoms with Crippen LogP contribution in [-0.4, -0.2) is 28.0 Å². The summed E-state index contributed by atoms with van der Waals surface area (Å²) in [5.41, 5.74) is 2.84. The number of rotatable bonds is 4. The molecule has 18 heavy (non-hydrogen) atoms. The summed E-state index contributed by atoms with van der Waals surface area (Å²) >= 11 is 3.10. The number of halogens is 1. The highest BCUT2D eigenvalue weighted by Gasteiger charge is 2.17. The number of fused-ring (bicyclic) bond motifs is 1. The fourth-order valence-corrected chi connectivity index (χ4v) is 2.50. The van der Waals surface area contributed by atoms with Gasteiger partial charge in [0.2, 0.25) is 5.91 Å². The van der Waals surface area contributed by atoms with Gasteiger partial charge < -0.3 is 5.32 Å². The van der Waals surface area contributed by atoms with Crippen LogP contribution in [0.1, 0.15) is 29.7 Å². The summed E-state index contributed by atoms with van der Waals surface area (Å²) in [7, 11) is 0. The summed E-state index contributed by atoms with van der Waals surface area (Å²) in [6, 6.07) is 0. The molecule has 0 atom stereocenters. The summed E-state index contributed by atoms with van der Waals surface area (Å²) in [6.07, 6.45) is 4.61. The molecule has 1 aliphatic carbocycles. The number of nitrogens with zero attached hydrogens (tertiary/aromatic N) is 1. The molecule has 1 amide bonds. The molecule has 0 spiro atoms. The summed E-state index contributed by atoms with van der Waals surface area (Å²) in [5.74, 6) is -0.0340. The molecule has 1 heterocycles. The second-order valence-corrected chi connectivity index (χ2v) is 4.96. The smallest absolute Gasteiger partial charge is 0.267 e. The average Bonchev–Trinajstić information content (AvgIpc) is 2.41. The van der Waals surface area contributed by atoms with Crippen molar-refractivity contribution >= 4 is 21.8 Å². The third-order valence-electron chi connectivity index (χ3n) is 3.19. The Kier molecular flexibility index (Phi) is 4.52. The average molecular weight is 314 g/mol. The standard InChI is InChI=1S/C12H16BrN3O2/c13-7-11(17)14-6-5-10-8-3-1-2-4-9(8)12(18)16-15-10/h1-7H2,(H,14,17)(H,16,18). The van der Waals surface area contributed by atoms with Crippen LogP contribution in [0.5, 0.6) is 0 Å². The van der Waals surface area contributed by atoms with Crippen LogP contribution in [0.3, 0.4) is 0 Å². The van der Waals surface area contributed by atoms with Crippen LogP contribution < -0.4 is 10.9 Å². The van der Waals surface area contributed by atoms with Crippen molar-refractivity contribution in [2.75, 3.05) is 11.9 Å². The first-order valence-electron chi connectivity index (χ1n) is 6.14. The number of nitrogens with one attached hydrogen (secondary N) is 2. The molecule has 0 aromatic carbocycles. The van der Waals surface area contributed by atoms with Crippen molar-refractivity contribution in [3.63, 3.8) is 0 Å². The van der Waals surface area contributed by atoms with Crippen LogP contribution in [0.4, 0.5) is 0 Å². The Morgan fingerprint density at radius 1 is 1.33 bits per heavy atom. The van der Waals surface area contributed by atoms with Gasteiger partial charge in [-0.3, -0.25) is 9.59 Å². The monoisotopic (exact) mass is 313 g/mol. The molecule has 0 fully saturated rings. The van der Waals surface area contributed by atoms with Gasteiger partial charge in [-0.2, -0.15) is 5.10 Å². The lowest BCUT2D eigenvalue weighted by Gasteiger charge is -2.17. The topological polar surface area (TPSA) is 74.8 Å². The lowest BCUT2D eigenvalue weighted by molar-refractivity contribution is -0.118. The molecule has 1 aromatic heterocycles. The van der Waals surface area contributed by atoms with Crippen molar-refractivity contribution in [3.05, 3.63) is 27.2 Å². The van der Waals surface area contributed by atoms with E-state index in [1.807, 2.05) is 0 Å². The minimum absolute atomic E-state index is 0.0340. The molecule has 2 N–H and O–H groups in total. The summed E-state index contributed by atoms with van der Waals surface area (Å²) in [5, 5.41) is 9.76. The Hall–Kier alpha value is -1.17. The molecule has 0 radical (unpaired) electrons. The van der Waals surface area contributed by atoms with Crippen LogP contribution in [0.15, 0.2) is 4.79 Å². The number of H-pyrrole nitrogens is 1. The predicted molar refractivity (Wildman–Crippen MR) is 72.0 cm³/mol. The fourth-order valence-electron chi connectivity index (χ4n) is 2.30. The van der Waals surface area contributed by atoms with E-state index in [1.165, 1.54) is 0 Å². The van der Waals surface area contributed by atoms with Crippen molar-refractivity contribution < 1.29 is 4.79 Å². The van der Waals surface area contributed by atoms with Crippen molar-refractivity contribution in [1.82, 2.24) is 15.5 Å². The van der Waals surface area contributed by atoms with E-state index in [0.29, 0.717) is 18.3 Å². The molecule has 0 saturated carbocycles. The largest absolute Gasteiger partial charge is 0.355 e. The molecule has 2 rings (SSSR count). The van der Waals surface area contributed by atoms with Gasteiger partial charge in [0.25, 0.3) is 5.56 Å². The molecule has 0 saturated heterocycles. The number of carbonyl (C=O) groups excluding carboxylic acids is 1. The number of carbonyl (C=O) groups is 1. The van der Waals surface area contributed by atoms with Crippen LogP contribution in [-0.2, 0) is 24.1 Å². The van der Waals surface area contributed by atoms with E-state index in [4.69, 9.17) is 0 Å². The highest BCUT2D eigenvalue weighted by molar-refractivity contribution is 9.09. The summed E-state index contributed by atoms with van der Waals surface area (Å²) in [4.78, 5) is 22.8. The first-order chi connectivity index (χ1) is 8.72. The Morgan fingerprint density at radius 2 is 2.06 bits per heavy atom. The molecular formula is C12H16BrN3O2. The van der Waals surface area contributed by atoms with E-state index in [-0.39, 0.29) is 11.5 Å². The number of alkyl halides is 1. The minimum Gasteiger partial charge on any atom is -0.355 e. The fraction of sp³-hybridized carbons (Fsp3) is 0.583. The van der Waals surface area contributed by atoms with Gasteiger partial charge >= 0.3 is 0 Å². The zero-order valence-electron chi connectivity index (χ0n) is 10.1. The van der Waals surface area contributed by atoms with Gasteiger partial charge in [-0.1, -0.05) is 15.9 Å². The van der Waals surface area contributed by atoms with E-state index in [2.05, 4.69) is 31.4 Å². The minimum atomic E-state index is -0.0575. The summed E-state index contributed by atoms with van der Waals surface area (Å²) in [6.45, 7) is 0.552. The molecular weight excluding hydrogens is 298 g/mol. The van der Waals surface area contributed by atoms with Crippen LogP contribution >= 0.6 is 15.9 Å². The van der Waals surface area contributed by atoms with Crippen molar-refractivity contribution in [2.24, 2.45) is 0 Å². The van der Waals surface area contributed by atoms with E-state index >= 15 is 0 Å².